The first kappa shape index (κ1) is 18.4. The molecule has 24 heavy (non-hydrogen) atoms. The SMILES string of the molecule is CC(Sc1ccccc1)C(=O)NNC(=O)C(C)Sc1ccccc1. The average molecular weight is 361 g/mol. The molecular weight excluding hydrogens is 340 g/mol. The molecule has 126 valence electrons. The van der Waals surface area contributed by atoms with Crippen molar-refractivity contribution in [2.45, 2.75) is 34.1 Å². The van der Waals surface area contributed by atoms with E-state index in [-0.39, 0.29) is 22.3 Å². The molecule has 2 N–H and O–H groups in total. The average Bonchev–Trinajstić information content (AvgIpc) is 2.61. The zero-order valence-electron chi connectivity index (χ0n) is 13.6. The van der Waals surface area contributed by atoms with Gasteiger partial charge >= 0.3 is 0 Å². The van der Waals surface area contributed by atoms with Gasteiger partial charge in [0.2, 0.25) is 0 Å². The van der Waals surface area contributed by atoms with Crippen LogP contribution in [0.15, 0.2) is 70.5 Å². The molecule has 0 aliphatic carbocycles. The molecule has 0 saturated heterocycles. The standard InChI is InChI=1S/C18H20N2O2S2/c1-13(23-15-9-5-3-6-10-15)17(21)19-20-18(22)14(2)24-16-11-7-4-8-12-16/h3-14H,1-2H3,(H,19,21)(H,20,22). The molecule has 0 aromatic heterocycles. The minimum Gasteiger partial charge on any atom is -0.272 e. The molecular formula is C18H20N2O2S2. The Morgan fingerprint density at radius 1 is 0.708 bits per heavy atom. The summed E-state index contributed by atoms with van der Waals surface area (Å²) in [6.07, 6.45) is 0. The summed E-state index contributed by atoms with van der Waals surface area (Å²) in [7, 11) is 0. The first-order chi connectivity index (χ1) is 11.6. The van der Waals surface area contributed by atoms with Gasteiger partial charge in [-0.1, -0.05) is 36.4 Å². The zero-order valence-corrected chi connectivity index (χ0v) is 15.2. The molecule has 0 fully saturated rings. The van der Waals surface area contributed by atoms with E-state index in [2.05, 4.69) is 10.9 Å². The van der Waals surface area contributed by atoms with E-state index in [0.717, 1.165) is 9.79 Å². The van der Waals surface area contributed by atoms with Gasteiger partial charge in [0.05, 0.1) is 10.5 Å². The molecule has 0 saturated carbocycles. The Morgan fingerprint density at radius 3 is 1.38 bits per heavy atom. The Morgan fingerprint density at radius 2 is 1.04 bits per heavy atom. The van der Waals surface area contributed by atoms with Gasteiger partial charge in [-0.2, -0.15) is 0 Å². The van der Waals surface area contributed by atoms with Gasteiger partial charge in [-0.15, -0.1) is 23.5 Å². The van der Waals surface area contributed by atoms with Gasteiger partial charge in [0.1, 0.15) is 0 Å². The number of hydrazine groups is 1. The van der Waals surface area contributed by atoms with Crippen LogP contribution in [0.25, 0.3) is 0 Å². The van der Waals surface area contributed by atoms with E-state index >= 15 is 0 Å². The van der Waals surface area contributed by atoms with Crippen LogP contribution in [0.4, 0.5) is 0 Å². The zero-order chi connectivity index (χ0) is 17.4. The maximum absolute atomic E-state index is 12.1. The van der Waals surface area contributed by atoms with Crippen LogP contribution in [0.1, 0.15) is 13.8 Å². The van der Waals surface area contributed by atoms with Gasteiger partial charge in [0.25, 0.3) is 11.8 Å². The third kappa shape index (κ3) is 5.94. The highest BCUT2D eigenvalue weighted by Gasteiger charge is 2.18. The number of hydrogen-bond acceptors (Lipinski definition) is 4. The molecule has 0 aliphatic rings. The second kappa shape index (κ2) is 9.39. The van der Waals surface area contributed by atoms with Gasteiger partial charge in [-0.3, -0.25) is 20.4 Å². The largest absolute Gasteiger partial charge is 0.272 e. The molecule has 2 rings (SSSR count). The van der Waals surface area contributed by atoms with Crippen molar-refractivity contribution in [1.82, 2.24) is 10.9 Å². The van der Waals surface area contributed by atoms with Crippen LogP contribution in [0, 0.1) is 0 Å². The lowest BCUT2D eigenvalue weighted by molar-refractivity contribution is -0.128. The summed E-state index contributed by atoms with van der Waals surface area (Å²) < 4.78 is 0. The molecule has 0 bridgehead atoms. The summed E-state index contributed by atoms with van der Waals surface area (Å²) in [5.74, 6) is -0.455. The number of carbonyl (C=O) groups excluding carboxylic acids is 2. The van der Waals surface area contributed by atoms with Gasteiger partial charge in [-0.25, -0.2) is 0 Å². The first-order valence-electron chi connectivity index (χ1n) is 7.59. The lowest BCUT2D eigenvalue weighted by Crippen LogP contribution is -2.47. The van der Waals surface area contributed by atoms with Crippen LogP contribution >= 0.6 is 23.5 Å². The number of amides is 2. The summed E-state index contributed by atoms with van der Waals surface area (Å²) in [4.78, 5) is 26.2. The number of thioether (sulfide) groups is 2. The van der Waals surface area contributed by atoms with Crippen LogP contribution < -0.4 is 10.9 Å². The fourth-order valence-corrected chi connectivity index (χ4v) is 3.62. The maximum Gasteiger partial charge on any atom is 0.251 e. The number of nitrogens with one attached hydrogen (secondary N) is 2. The highest BCUT2D eigenvalue weighted by Crippen LogP contribution is 2.23. The van der Waals surface area contributed by atoms with Crippen molar-refractivity contribution < 1.29 is 9.59 Å². The number of rotatable bonds is 6. The fourth-order valence-electron chi connectivity index (χ4n) is 1.84. The van der Waals surface area contributed by atoms with E-state index in [1.807, 2.05) is 60.7 Å². The highest BCUT2D eigenvalue weighted by atomic mass is 32.2. The Bertz CT molecular complexity index is 606. The van der Waals surface area contributed by atoms with Gasteiger partial charge in [-0.05, 0) is 38.1 Å². The molecule has 2 unspecified atom stereocenters. The lowest BCUT2D eigenvalue weighted by atomic mass is 10.4. The van der Waals surface area contributed by atoms with Crippen LogP contribution in [0.5, 0.6) is 0 Å². The topological polar surface area (TPSA) is 58.2 Å². The maximum atomic E-state index is 12.1. The van der Waals surface area contributed by atoms with Crippen molar-refractivity contribution in [2.24, 2.45) is 0 Å². The van der Waals surface area contributed by atoms with Crippen molar-refractivity contribution in [1.29, 1.82) is 0 Å². The third-order valence-corrected chi connectivity index (χ3v) is 5.38. The van der Waals surface area contributed by atoms with Crippen molar-refractivity contribution in [3.63, 3.8) is 0 Å². The fraction of sp³-hybridized carbons (Fsp3) is 0.222. The Labute approximate surface area is 150 Å². The van der Waals surface area contributed by atoms with E-state index in [4.69, 9.17) is 0 Å². The molecule has 2 aromatic rings. The summed E-state index contributed by atoms with van der Waals surface area (Å²) in [5, 5.41) is -0.602. The minimum absolute atomic E-state index is 0.228. The summed E-state index contributed by atoms with van der Waals surface area (Å²) >= 11 is 2.89. The Hall–Kier alpha value is -1.92. The third-order valence-electron chi connectivity index (χ3n) is 3.16. The van der Waals surface area contributed by atoms with Crippen molar-refractivity contribution >= 4 is 35.3 Å². The second-order valence-corrected chi connectivity index (χ2v) is 7.95. The second-order valence-electron chi connectivity index (χ2n) is 5.12. The van der Waals surface area contributed by atoms with E-state index in [1.165, 1.54) is 23.5 Å². The summed E-state index contributed by atoms with van der Waals surface area (Å²) in [6.45, 7) is 3.61. The van der Waals surface area contributed by atoms with Crippen molar-refractivity contribution in [2.75, 3.05) is 0 Å². The van der Waals surface area contributed by atoms with E-state index < -0.39 is 0 Å². The normalized spacial score (nSPS) is 12.9. The molecule has 0 heterocycles. The van der Waals surface area contributed by atoms with Gasteiger partial charge in [0.15, 0.2) is 0 Å². The van der Waals surface area contributed by atoms with Crippen molar-refractivity contribution in [3.8, 4) is 0 Å². The monoisotopic (exact) mass is 360 g/mol. The van der Waals surface area contributed by atoms with Crippen molar-refractivity contribution in [3.05, 3.63) is 60.7 Å². The van der Waals surface area contributed by atoms with E-state index in [0.29, 0.717) is 0 Å². The molecule has 2 atom stereocenters. The summed E-state index contributed by atoms with van der Waals surface area (Å²) in [6, 6.07) is 19.4. The van der Waals surface area contributed by atoms with E-state index in [9.17, 15) is 9.59 Å². The van der Waals surface area contributed by atoms with Crippen LogP contribution in [0.2, 0.25) is 0 Å². The first-order valence-corrected chi connectivity index (χ1v) is 9.35. The van der Waals surface area contributed by atoms with Gasteiger partial charge < -0.3 is 0 Å². The summed E-state index contributed by atoms with van der Waals surface area (Å²) in [5.41, 5.74) is 4.99. The predicted molar refractivity (Wildman–Crippen MR) is 99.8 cm³/mol. The predicted octanol–water partition coefficient (Wildman–Crippen LogP) is 3.50. The molecule has 0 spiro atoms. The smallest absolute Gasteiger partial charge is 0.251 e. The number of carbonyl (C=O) groups is 2. The Balaban J connectivity index is 1.77. The number of hydrogen-bond donors (Lipinski definition) is 2. The molecule has 2 amide bonds. The van der Waals surface area contributed by atoms with Crippen LogP contribution in [-0.2, 0) is 9.59 Å². The van der Waals surface area contributed by atoms with Crippen LogP contribution in [-0.4, -0.2) is 22.3 Å². The highest BCUT2D eigenvalue weighted by molar-refractivity contribution is 8.00. The van der Waals surface area contributed by atoms with Crippen LogP contribution in [0.3, 0.4) is 0 Å². The molecule has 4 nitrogen and oxygen atoms in total. The Kier molecular flexibility index (Phi) is 7.21. The molecule has 0 radical (unpaired) electrons. The minimum atomic E-state index is -0.301. The molecule has 6 heteroatoms. The number of benzene rings is 2. The lowest BCUT2D eigenvalue weighted by Gasteiger charge is -2.15. The van der Waals surface area contributed by atoms with E-state index in [1.54, 1.807) is 13.8 Å². The van der Waals surface area contributed by atoms with Gasteiger partial charge in [0, 0.05) is 9.79 Å². The molecule has 0 aliphatic heterocycles. The quantitative estimate of drug-likeness (QED) is 0.611. The molecule has 2 aromatic carbocycles.